The minimum atomic E-state index is -0.745. The minimum absolute atomic E-state index is 0.174. The second kappa shape index (κ2) is 5.74. The highest BCUT2D eigenvalue weighted by molar-refractivity contribution is 6.33. The number of aliphatic hydroxyl groups is 1. The molecule has 1 aromatic rings. The number of aryl methyl sites for hydroxylation is 2. The van der Waals surface area contributed by atoms with Crippen LogP contribution in [-0.2, 0) is 6.54 Å². The van der Waals surface area contributed by atoms with Crippen LogP contribution >= 0.6 is 11.6 Å². The second-order valence-electron chi connectivity index (χ2n) is 5.66. The van der Waals surface area contributed by atoms with Crippen molar-refractivity contribution in [3.8, 4) is 0 Å². The van der Waals surface area contributed by atoms with Crippen LogP contribution in [0.5, 0.6) is 0 Å². The molecule has 1 fully saturated rings. The van der Waals surface area contributed by atoms with Gasteiger partial charge < -0.3 is 10.0 Å². The molecule has 1 amide bonds. The first-order valence-electron chi connectivity index (χ1n) is 7.08. The lowest BCUT2D eigenvalue weighted by atomic mass is 10.0. The van der Waals surface area contributed by atoms with E-state index in [4.69, 9.17) is 11.6 Å². The average Bonchev–Trinajstić information content (AvgIpc) is 2.93. The van der Waals surface area contributed by atoms with Gasteiger partial charge in [0.1, 0.15) is 5.15 Å². The van der Waals surface area contributed by atoms with Crippen LogP contribution in [0.3, 0.4) is 0 Å². The highest BCUT2D eigenvalue weighted by Crippen LogP contribution is 2.30. The molecule has 1 aromatic heterocycles. The number of nitrogens with zero attached hydrogens (tertiary/aromatic N) is 3. The second-order valence-corrected chi connectivity index (χ2v) is 6.02. The summed E-state index contributed by atoms with van der Waals surface area (Å²) in [5, 5.41) is 15.0. The number of aromatic nitrogens is 2. The van der Waals surface area contributed by atoms with Crippen LogP contribution in [0.2, 0.25) is 5.15 Å². The van der Waals surface area contributed by atoms with Gasteiger partial charge in [-0.2, -0.15) is 5.10 Å². The third-order valence-electron chi connectivity index (χ3n) is 3.99. The SMILES string of the molecule is CCn1nc(C)c(C(=O)N(C)CC2(O)CCCC2)c1Cl. The third kappa shape index (κ3) is 2.83. The zero-order valence-electron chi connectivity index (χ0n) is 12.3. The molecule has 0 saturated heterocycles. The smallest absolute Gasteiger partial charge is 0.258 e. The summed E-state index contributed by atoms with van der Waals surface area (Å²) >= 11 is 6.21. The maximum Gasteiger partial charge on any atom is 0.258 e. The monoisotopic (exact) mass is 299 g/mol. The first-order chi connectivity index (χ1) is 9.38. The summed E-state index contributed by atoms with van der Waals surface area (Å²) in [5.41, 5.74) is 0.329. The summed E-state index contributed by atoms with van der Waals surface area (Å²) in [5.74, 6) is -0.174. The average molecular weight is 300 g/mol. The van der Waals surface area contributed by atoms with Gasteiger partial charge in [-0.25, -0.2) is 0 Å². The van der Waals surface area contributed by atoms with Crippen molar-refractivity contribution in [2.24, 2.45) is 0 Å². The first kappa shape index (κ1) is 15.3. The molecule has 5 nitrogen and oxygen atoms in total. The molecule has 0 bridgehead atoms. The molecule has 20 heavy (non-hydrogen) atoms. The number of carbonyl (C=O) groups is 1. The van der Waals surface area contributed by atoms with E-state index in [2.05, 4.69) is 5.10 Å². The molecule has 0 spiro atoms. The quantitative estimate of drug-likeness (QED) is 0.927. The van der Waals surface area contributed by atoms with Gasteiger partial charge in [0.05, 0.1) is 16.9 Å². The van der Waals surface area contributed by atoms with Crippen LogP contribution in [0.25, 0.3) is 0 Å². The lowest BCUT2D eigenvalue weighted by Gasteiger charge is -2.28. The van der Waals surface area contributed by atoms with Crippen molar-refractivity contribution in [3.63, 3.8) is 0 Å². The fraction of sp³-hybridized carbons (Fsp3) is 0.714. The predicted octanol–water partition coefficient (Wildman–Crippen LogP) is 2.24. The van der Waals surface area contributed by atoms with Gasteiger partial charge in [-0.1, -0.05) is 24.4 Å². The predicted molar refractivity (Wildman–Crippen MR) is 78.0 cm³/mol. The third-order valence-corrected chi connectivity index (χ3v) is 4.38. The normalized spacial score (nSPS) is 17.4. The van der Waals surface area contributed by atoms with Gasteiger partial charge in [0.2, 0.25) is 0 Å². The summed E-state index contributed by atoms with van der Waals surface area (Å²) in [6, 6.07) is 0. The van der Waals surface area contributed by atoms with Crippen molar-refractivity contribution in [2.75, 3.05) is 13.6 Å². The van der Waals surface area contributed by atoms with E-state index in [0.29, 0.717) is 29.5 Å². The molecule has 1 aliphatic rings. The van der Waals surface area contributed by atoms with Gasteiger partial charge in [0.25, 0.3) is 5.91 Å². The lowest BCUT2D eigenvalue weighted by Crippen LogP contribution is -2.42. The van der Waals surface area contributed by atoms with Crippen molar-refractivity contribution >= 4 is 17.5 Å². The number of amides is 1. The maximum absolute atomic E-state index is 12.5. The fourth-order valence-corrected chi connectivity index (χ4v) is 3.28. The summed E-state index contributed by atoms with van der Waals surface area (Å²) in [4.78, 5) is 14.1. The Kier molecular flexibility index (Phi) is 4.39. The Hall–Kier alpha value is -1.07. The van der Waals surface area contributed by atoms with Gasteiger partial charge in [-0.05, 0) is 26.7 Å². The molecule has 0 radical (unpaired) electrons. The summed E-state index contributed by atoms with van der Waals surface area (Å²) in [6.07, 6.45) is 3.55. The molecule has 0 aromatic carbocycles. The molecule has 0 atom stereocenters. The zero-order chi connectivity index (χ0) is 14.9. The molecule has 1 saturated carbocycles. The molecular weight excluding hydrogens is 278 g/mol. The molecule has 0 unspecified atom stereocenters. The summed E-state index contributed by atoms with van der Waals surface area (Å²) < 4.78 is 1.61. The molecule has 1 N–H and O–H groups in total. The first-order valence-corrected chi connectivity index (χ1v) is 7.46. The highest BCUT2D eigenvalue weighted by Gasteiger charge is 2.34. The van der Waals surface area contributed by atoms with Crippen molar-refractivity contribution in [1.82, 2.24) is 14.7 Å². The van der Waals surface area contributed by atoms with E-state index in [0.717, 1.165) is 25.7 Å². The van der Waals surface area contributed by atoms with E-state index in [1.807, 2.05) is 6.92 Å². The Morgan fingerprint density at radius 3 is 2.60 bits per heavy atom. The van der Waals surface area contributed by atoms with Crippen LogP contribution in [-0.4, -0.2) is 44.9 Å². The van der Waals surface area contributed by atoms with Gasteiger partial charge in [-0.3, -0.25) is 9.48 Å². The van der Waals surface area contributed by atoms with Crippen LogP contribution in [0.4, 0.5) is 0 Å². The maximum atomic E-state index is 12.5. The topological polar surface area (TPSA) is 58.4 Å². The van der Waals surface area contributed by atoms with E-state index in [-0.39, 0.29) is 5.91 Å². The van der Waals surface area contributed by atoms with Gasteiger partial charge in [-0.15, -0.1) is 0 Å². The van der Waals surface area contributed by atoms with Crippen LogP contribution < -0.4 is 0 Å². The Bertz CT molecular complexity index is 507. The minimum Gasteiger partial charge on any atom is -0.388 e. The van der Waals surface area contributed by atoms with E-state index in [1.54, 1.807) is 23.6 Å². The van der Waals surface area contributed by atoms with Crippen molar-refractivity contribution in [1.29, 1.82) is 0 Å². The molecule has 112 valence electrons. The number of halogens is 1. The van der Waals surface area contributed by atoms with Crippen LogP contribution in [0, 0.1) is 6.92 Å². The number of hydrogen-bond donors (Lipinski definition) is 1. The molecular formula is C14H22ClN3O2. The number of carbonyl (C=O) groups excluding carboxylic acids is 1. The molecule has 2 rings (SSSR count). The van der Waals surface area contributed by atoms with Crippen LogP contribution in [0.1, 0.15) is 48.7 Å². The van der Waals surface area contributed by atoms with Crippen LogP contribution in [0.15, 0.2) is 0 Å². The number of hydrogen-bond acceptors (Lipinski definition) is 3. The number of likely N-dealkylation sites (N-methyl/N-ethyl adjacent to an activating group) is 1. The Balaban J connectivity index is 2.16. The fourth-order valence-electron chi connectivity index (χ4n) is 2.90. The highest BCUT2D eigenvalue weighted by atomic mass is 35.5. The molecule has 1 aliphatic carbocycles. The van der Waals surface area contributed by atoms with Gasteiger partial charge in [0, 0.05) is 20.1 Å². The van der Waals surface area contributed by atoms with E-state index < -0.39 is 5.60 Å². The summed E-state index contributed by atoms with van der Waals surface area (Å²) in [6.45, 7) is 4.68. The molecule has 6 heteroatoms. The van der Waals surface area contributed by atoms with Gasteiger partial charge in [0.15, 0.2) is 0 Å². The van der Waals surface area contributed by atoms with Crippen molar-refractivity contribution in [2.45, 2.75) is 51.7 Å². The largest absolute Gasteiger partial charge is 0.388 e. The van der Waals surface area contributed by atoms with E-state index in [9.17, 15) is 9.90 Å². The molecule has 0 aliphatic heterocycles. The molecule has 1 heterocycles. The Morgan fingerprint density at radius 1 is 1.50 bits per heavy atom. The van der Waals surface area contributed by atoms with E-state index in [1.165, 1.54) is 0 Å². The standard InChI is InChI=1S/C14H22ClN3O2/c1-4-18-12(15)11(10(2)16-18)13(19)17(3)9-14(20)7-5-6-8-14/h20H,4-9H2,1-3H3. The number of rotatable bonds is 4. The van der Waals surface area contributed by atoms with Crippen molar-refractivity contribution in [3.05, 3.63) is 16.4 Å². The lowest BCUT2D eigenvalue weighted by molar-refractivity contribution is 0.0156. The summed E-state index contributed by atoms with van der Waals surface area (Å²) in [7, 11) is 1.71. The Morgan fingerprint density at radius 2 is 2.10 bits per heavy atom. The van der Waals surface area contributed by atoms with Crippen molar-refractivity contribution < 1.29 is 9.90 Å². The Labute approximate surface area is 124 Å². The zero-order valence-corrected chi connectivity index (χ0v) is 13.1. The van der Waals surface area contributed by atoms with Gasteiger partial charge >= 0.3 is 0 Å². The van der Waals surface area contributed by atoms with E-state index >= 15 is 0 Å².